The van der Waals surface area contributed by atoms with Crippen molar-refractivity contribution < 1.29 is 18.7 Å². The number of phenolic OH excluding ortho intramolecular Hbond substituents is 1. The number of fused-ring (bicyclic) bond motifs is 1. The number of hydrogen-bond acceptors (Lipinski definition) is 3. The molecule has 0 amide bonds. The molecule has 0 saturated heterocycles. The second-order valence-corrected chi connectivity index (χ2v) is 4.19. The van der Waals surface area contributed by atoms with Crippen molar-refractivity contribution in [3.8, 4) is 11.5 Å². The minimum absolute atomic E-state index is 0.150. The highest BCUT2D eigenvalue weighted by Crippen LogP contribution is 2.24. The smallest absolute Gasteiger partial charge is 0.137 e. The molecule has 0 atom stereocenters. The van der Waals surface area contributed by atoms with Gasteiger partial charge in [-0.05, 0) is 24.3 Å². The predicted molar refractivity (Wildman–Crippen MR) is 68.6 cm³/mol. The molecule has 0 aliphatic rings. The molecule has 2 aromatic carbocycles. The lowest BCUT2D eigenvalue weighted by Crippen LogP contribution is -1.94. The van der Waals surface area contributed by atoms with E-state index in [1.54, 1.807) is 30.5 Å². The quantitative estimate of drug-likeness (QED) is 0.775. The van der Waals surface area contributed by atoms with Crippen LogP contribution >= 0.6 is 0 Å². The number of halogens is 1. The molecule has 0 unspecified atom stereocenters. The van der Waals surface area contributed by atoms with Crippen LogP contribution < -0.4 is 4.74 Å². The topological polar surface area (TPSA) is 42.6 Å². The lowest BCUT2D eigenvalue weighted by atomic mass is 10.2. The van der Waals surface area contributed by atoms with E-state index in [-0.39, 0.29) is 11.6 Å². The molecule has 0 bridgehead atoms. The largest absolute Gasteiger partial charge is 0.508 e. The van der Waals surface area contributed by atoms with Gasteiger partial charge < -0.3 is 14.3 Å². The van der Waals surface area contributed by atoms with E-state index < -0.39 is 0 Å². The summed E-state index contributed by atoms with van der Waals surface area (Å²) >= 11 is 0. The molecule has 4 heteroatoms. The van der Waals surface area contributed by atoms with Crippen LogP contribution in [0.3, 0.4) is 0 Å². The third-order valence-electron chi connectivity index (χ3n) is 2.83. The van der Waals surface area contributed by atoms with Gasteiger partial charge in [0, 0.05) is 23.1 Å². The standard InChI is InChI=1S/C15H11FO3/c16-11-4-5-14-10(9-19-15(14)6-11)8-18-13-3-1-2-12(17)7-13/h1-7,9,17H,8H2. The maximum atomic E-state index is 13.0. The maximum Gasteiger partial charge on any atom is 0.137 e. The van der Waals surface area contributed by atoms with E-state index in [4.69, 9.17) is 9.15 Å². The zero-order chi connectivity index (χ0) is 13.2. The fourth-order valence-corrected chi connectivity index (χ4v) is 1.90. The lowest BCUT2D eigenvalue weighted by molar-refractivity contribution is 0.304. The molecule has 19 heavy (non-hydrogen) atoms. The lowest BCUT2D eigenvalue weighted by Gasteiger charge is -2.05. The number of rotatable bonds is 3. The number of hydrogen-bond donors (Lipinski definition) is 1. The predicted octanol–water partition coefficient (Wildman–Crippen LogP) is 3.86. The van der Waals surface area contributed by atoms with Crippen LogP contribution in [0.2, 0.25) is 0 Å². The van der Waals surface area contributed by atoms with Crippen LogP contribution in [0.25, 0.3) is 11.0 Å². The Labute approximate surface area is 108 Å². The second kappa shape index (κ2) is 4.65. The minimum atomic E-state index is -0.331. The van der Waals surface area contributed by atoms with Gasteiger partial charge in [0.1, 0.15) is 29.5 Å². The second-order valence-electron chi connectivity index (χ2n) is 4.19. The van der Waals surface area contributed by atoms with E-state index in [0.29, 0.717) is 17.9 Å². The summed E-state index contributed by atoms with van der Waals surface area (Å²) in [6.45, 7) is 0.294. The summed E-state index contributed by atoms with van der Waals surface area (Å²) < 4.78 is 23.9. The van der Waals surface area contributed by atoms with Gasteiger partial charge in [-0.25, -0.2) is 4.39 Å². The van der Waals surface area contributed by atoms with E-state index in [0.717, 1.165) is 10.9 Å². The summed E-state index contributed by atoms with van der Waals surface area (Å²) in [5.74, 6) is 0.385. The third kappa shape index (κ3) is 2.38. The maximum absolute atomic E-state index is 13.0. The van der Waals surface area contributed by atoms with Crippen LogP contribution in [0.5, 0.6) is 11.5 Å². The summed E-state index contributed by atoms with van der Waals surface area (Å²) in [6, 6.07) is 10.9. The van der Waals surface area contributed by atoms with Crippen LogP contribution in [0.1, 0.15) is 5.56 Å². The summed E-state index contributed by atoms with van der Waals surface area (Å²) in [5.41, 5.74) is 1.33. The fourth-order valence-electron chi connectivity index (χ4n) is 1.90. The van der Waals surface area contributed by atoms with Gasteiger partial charge in [-0.15, -0.1) is 0 Å². The first kappa shape index (κ1) is 11.6. The van der Waals surface area contributed by atoms with Gasteiger partial charge in [-0.2, -0.15) is 0 Å². The molecule has 3 rings (SSSR count). The first-order valence-corrected chi connectivity index (χ1v) is 5.80. The zero-order valence-corrected chi connectivity index (χ0v) is 9.97. The summed E-state index contributed by atoms with van der Waals surface area (Å²) in [4.78, 5) is 0. The molecular weight excluding hydrogens is 247 g/mol. The van der Waals surface area contributed by atoms with Crippen LogP contribution in [-0.4, -0.2) is 5.11 Å². The van der Waals surface area contributed by atoms with Crippen LogP contribution in [-0.2, 0) is 6.61 Å². The summed E-state index contributed by atoms with van der Waals surface area (Å²) in [6.07, 6.45) is 1.55. The monoisotopic (exact) mass is 258 g/mol. The van der Waals surface area contributed by atoms with Gasteiger partial charge in [0.2, 0.25) is 0 Å². The average molecular weight is 258 g/mol. The van der Waals surface area contributed by atoms with Gasteiger partial charge in [0.25, 0.3) is 0 Å². The Kier molecular flexibility index (Phi) is 2.83. The SMILES string of the molecule is Oc1cccc(OCc2coc3cc(F)ccc23)c1. The zero-order valence-electron chi connectivity index (χ0n) is 9.97. The first-order valence-electron chi connectivity index (χ1n) is 5.80. The minimum Gasteiger partial charge on any atom is -0.508 e. The van der Waals surface area contributed by atoms with Gasteiger partial charge >= 0.3 is 0 Å². The Balaban J connectivity index is 1.82. The van der Waals surface area contributed by atoms with Crippen molar-refractivity contribution in [2.24, 2.45) is 0 Å². The molecule has 0 saturated carbocycles. The Hall–Kier alpha value is -2.49. The van der Waals surface area contributed by atoms with Crippen molar-refractivity contribution in [3.63, 3.8) is 0 Å². The number of aromatic hydroxyl groups is 1. The van der Waals surface area contributed by atoms with Crippen molar-refractivity contribution in [3.05, 3.63) is 60.1 Å². The van der Waals surface area contributed by atoms with E-state index in [1.165, 1.54) is 18.2 Å². The molecule has 0 spiro atoms. The molecule has 0 aliphatic heterocycles. The number of furan rings is 1. The Morgan fingerprint density at radius 2 is 2.05 bits per heavy atom. The van der Waals surface area contributed by atoms with Crippen molar-refractivity contribution in [2.45, 2.75) is 6.61 Å². The molecule has 1 N–H and O–H groups in total. The first-order chi connectivity index (χ1) is 9.22. The van der Waals surface area contributed by atoms with Crippen molar-refractivity contribution in [1.82, 2.24) is 0 Å². The molecular formula is C15H11FO3. The van der Waals surface area contributed by atoms with Crippen LogP contribution in [0.15, 0.2) is 53.1 Å². The number of phenols is 1. The summed E-state index contributed by atoms with van der Waals surface area (Å²) in [7, 11) is 0. The highest BCUT2D eigenvalue weighted by molar-refractivity contribution is 5.80. The van der Waals surface area contributed by atoms with Gasteiger partial charge in [-0.1, -0.05) is 6.07 Å². The fraction of sp³-hybridized carbons (Fsp3) is 0.0667. The molecule has 0 fully saturated rings. The van der Waals surface area contributed by atoms with Crippen LogP contribution in [0.4, 0.5) is 4.39 Å². The average Bonchev–Trinajstić information content (AvgIpc) is 2.78. The normalized spacial score (nSPS) is 10.8. The molecule has 96 valence electrons. The molecule has 1 heterocycles. The van der Waals surface area contributed by atoms with E-state index in [9.17, 15) is 9.50 Å². The van der Waals surface area contributed by atoms with Gasteiger partial charge in [-0.3, -0.25) is 0 Å². The Morgan fingerprint density at radius 3 is 2.89 bits per heavy atom. The number of ether oxygens (including phenoxy) is 1. The highest BCUT2D eigenvalue weighted by atomic mass is 19.1. The van der Waals surface area contributed by atoms with E-state index in [1.807, 2.05) is 0 Å². The summed E-state index contributed by atoms with van der Waals surface area (Å²) in [5, 5.41) is 10.2. The molecule has 0 radical (unpaired) electrons. The van der Waals surface area contributed by atoms with Gasteiger partial charge in [0.05, 0.1) is 6.26 Å². The Bertz CT molecular complexity index is 718. The number of benzene rings is 2. The molecule has 1 aromatic heterocycles. The molecule has 3 aromatic rings. The van der Waals surface area contributed by atoms with E-state index in [2.05, 4.69) is 0 Å². The molecule has 3 nitrogen and oxygen atoms in total. The Morgan fingerprint density at radius 1 is 1.16 bits per heavy atom. The van der Waals surface area contributed by atoms with E-state index >= 15 is 0 Å². The van der Waals surface area contributed by atoms with Crippen molar-refractivity contribution >= 4 is 11.0 Å². The van der Waals surface area contributed by atoms with Crippen molar-refractivity contribution in [2.75, 3.05) is 0 Å². The molecule has 0 aliphatic carbocycles. The third-order valence-corrected chi connectivity index (χ3v) is 2.83. The highest BCUT2D eigenvalue weighted by Gasteiger charge is 2.07. The van der Waals surface area contributed by atoms with Crippen molar-refractivity contribution in [1.29, 1.82) is 0 Å². The van der Waals surface area contributed by atoms with Crippen LogP contribution in [0, 0.1) is 5.82 Å². The van der Waals surface area contributed by atoms with Gasteiger partial charge in [0.15, 0.2) is 0 Å².